The second-order valence-corrected chi connectivity index (χ2v) is 8.34. The number of hydrogen-bond donors (Lipinski definition) is 1. The maximum Gasteiger partial charge on any atom is 0.252 e. The van der Waals surface area contributed by atoms with Crippen molar-refractivity contribution in [2.75, 3.05) is 47.5 Å². The minimum Gasteiger partial charge on any atom is -0.498 e. The van der Waals surface area contributed by atoms with Gasteiger partial charge < -0.3 is 24.4 Å². The standard InChI is InChI=1S/C21H26N3O4P/c1-26-16-5-4-14(10-17(16)27-2)19-12-20(25)24-13-15(23-8-6-22-7-9-23)11-18(28-3)21(24)29-19/h4-5,10-13,21-22,29H,6-9H2,1-3H3. The zero-order chi connectivity index (χ0) is 20.4. The van der Waals surface area contributed by atoms with Crippen LogP contribution in [-0.4, -0.2) is 69.0 Å². The molecule has 0 aliphatic carbocycles. The van der Waals surface area contributed by atoms with Gasteiger partial charge in [-0.3, -0.25) is 9.69 Å². The van der Waals surface area contributed by atoms with Gasteiger partial charge in [0.15, 0.2) is 11.5 Å². The molecule has 3 heterocycles. The predicted molar refractivity (Wildman–Crippen MR) is 114 cm³/mol. The molecular formula is C21H26N3O4P. The number of ether oxygens (including phenoxy) is 3. The summed E-state index contributed by atoms with van der Waals surface area (Å²) < 4.78 is 16.5. The highest BCUT2D eigenvalue weighted by atomic mass is 31.1. The first-order valence-corrected chi connectivity index (χ1v) is 10.7. The maximum atomic E-state index is 13.0. The Balaban J connectivity index is 1.65. The van der Waals surface area contributed by atoms with E-state index >= 15 is 0 Å². The average molecular weight is 415 g/mol. The normalized spacial score (nSPS) is 22.5. The number of piperazine rings is 1. The van der Waals surface area contributed by atoms with Crippen LogP contribution in [0.1, 0.15) is 5.56 Å². The third-order valence-electron chi connectivity index (χ3n) is 5.34. The van der Waals surface area contributed by atoms with Crippen molar-refractivity contribution in [3.63, 3.8) is 0 Å². The number of nitrogens with one attached hydrogen (secondary N) is 1. The van der Waals surface area contributed by atoms with Gasteiger partial charge in [-0.15, -0.1) is 0 Å². The predicted octanol–water partition coefficient (Wildman–Crippen LogP) is 2.18. The smallest absolute Gasteiger partial charge is 0.252 e. The van der Waals surface area contributed by atoms with Crippen LogP contribution >= 0.6 is 8.58 Å². The molecule has 0 bridgehead atoms. The molecule has 7 nitrogen and oxygen atoms in total. The summed E-state index contributed by atoms with van der Waals surface area (Å²) in [4.78, 5) is 17.1. The molecule has 154 valence electrons. The molecule has 1 aromatic carbocycles. The number of carbonyl (C=O) groups is 1. The second kappa shape index (κ2) is 8.47. The van der Waals surface area contributed by atoms with Gasteiger partial charge in [-0.05, 0) is 23.0 Å². The Bertz CT molecular complexity index is 890. The van der Waals surface area contributed by atoms with Crippen LogP contribution in [0.15, 0.2) is 48.0 Å². The van der Waals surface area contributed by atoms with Crippen molar-refractivity contribution < 1.29 is 19.0 Å². The quantitative estimate of drug-likeness (QED) is 0.744. The maximum absolute atomic E-state index is 13.0. The number of benzene rings is 1. The van der Waals surface area contributed by atoms with Gasteiger partial charge >= 0.3 is 0 Å². The van der Waals surface area contributed by atoms with Crippen molar-refractivity contribution in [3.8, 4) is 11.5 Å². The molecule has 3 aliphatic heterocycles. The topological polar surface area (TPSA) is 63.3 Å². The first-order valence-electron chi connectivity index (χ1n) is 9.60. The highest BCUT2D eigenvalue weighted by molar-refractivity contribution is 7.51. The minimum atomic E-state index is -0.118. The third-order valence-corrected chi connectivity index (χ3v) is 6.92. The van der Waals surface area contributed by atoms with Gasteiger partial charge in [0.1, 0.15) is 11.5 Å². The Labute approximate surface area is 172 Å². The van der Waals surface area contributed by atoms with Crippen LogP contribution in [0.2, 0.25) is 0 Å². The highest BCUT2D eigenvalue weighted by Crippen LogP contribution is 2.48. The molecular weight excluding hydrogens is 389 g/mol. The van der Waals surface area contributed by atoms with Gasteiger partial charge in [-0.1, -0.05) is 14.6 Å². The fourth-order valence-electron chi connectivity index (χ4n) is 3.77. The van der Waals surface area contributed by atoms with Crippen LogP contribution in [0.5, 0.6) is 11.5 Å². The van der Waals surface area contributed by atoms with Crippen LogP contribution < -0.4 is 14.8 Å². The summed E-state index contributed by atoms with van der Waals surface area (Å²) in [5.74, 6) is 1.99. The molecule has 2 unspecified atom stereocenters. The van der Waals surface area contributed by atoms with Crippen LogP contribution in [0.3, 0.4) is 0 Å². The monoisotopic (exact) mass is 415 g/mol. The molecule has 0 saturated carbocycles. The number of allylic oxidation sites excluding steroid dienone is 1. The highest BCUT2D eigenvalue weighted by Gasteiger charge is 2.35. The van der Waals surface area contributed by atoms with Gasteiger partial charge in [0.2, 0.25) is 0 Å². The molecule has 3 aliphatic rings. The SMILES string of the molecule is COC1=CC(N2CCNCC2)=CN2C(=O)C=C(c3ccc(OC)c(OC)c3)PC12. The van der Waals surface area contributed by atoms with Gasteiger partial charge in [-0.25, -0.2) is 0 Å². The van der Waals surface area contributed by atoms with E-state index in [1.54, 1.807) is 32.3 Å². The van der Waals surface area contributed by atoms with E-state index in [-0.39, 0.29) is 11.7 Å². The van der Waals surface area contributed by atoms with E-state index in [2.05, 4.69) is 16.3 Å². The Morgan fingerprint density at radius 2 is 1.79 bits per heavy atom. The molecule has 1 fully saturated rings. The lowest BCUT2D eigenvalue weighted by Crippen LogP contribution is -2.45. The molecule has 0 radical (unpaired) electrons. The Morgan fingerprint density at radius 1 is 1.03 bits per heavy atom. The molecule has 2 atom stereocenters. The third kappa shape index (κ3) is 3.85. The lowest BCUT2D eigenvalue weighted by atomic mass is 10.1. The van der Waals surface area contributed by atoms with E-state index in [4.69, 9.17) is 14.2 Å². The first kappa shape index (κ1) is 19.8. The van der Waals surface area contributed by atoms with Crippen molar-refractivity contribution in [1.29, 1.82) is 0 Å². The Hall–Kier alpha value is -2.50. The first-order chi connectivity index (χ1) is 14.1. The number of methoxy groups -OCH3 is 3. The van der Waals surface area contributed by atoms with Crippen molar-refractivity contribution in [3.05, 3.63) is 53.6 Å². The van der Waals surface area contributed by atoms with Crippen molar-refractivity contribution in [2.45, 2.75) is 5.78 Å². The zero-order valence-corrected chi connectivity index (χ0v) is 17.9. The van der Waals surface area contributed by atoms with Gasteiger partial charge in [-0.2, -0.15) is 0 Å². The summed E-state index contributed by atoms with van der Waals surface area (Å²) in [6.07, 6.45) is 5.76. The summed E-state index contributed by atoms with van der Waals surface area (Å²) >= 11 is 0. The number of hydrogen-bond acceptors (Lipinski definition) is 6. The molecule has 1 aromatic rings. The van der Waals surface area contributed by atoms with Crippen LogP contribution in [0, 0.1) is 0 Å². The lowest BCUT2D eigenvalue weighted by Gasteiger charge is -2.39. The molecule has 1 saturated heterocycles. The molecule has 4 rings (SSSR count). The number of nitrogens with zero attached hydrogens (tertiary/aromatic N) is 2. The molecule has 8 heteroatoms. The molecule has 1 amide bonds. The molecule has 0 spiro atoms. The fraction of sp³-hybridized carbons (Fsp3) is 0.381. The second-order valence-electron chi connectivity index (χ2n) is 6.96. The van der Waals surface area contributed by atoms with Crippen molar-refractivity contribution in [1.82, 2.24) is 15.1 Å². The summed E-state index contributed by atoms with van der Waals surface area (Å²) in [5.41, 5.74) is 1.99. The van der Waals surface area contributed by atoms with Gasteiger partial charge in [0, 0.05) is 44.5 Å². The van der Waals surface area contributed by atoms with E-state index in [1.807, 2.05) is 24.4 Å². The average Bonchev–Trinajstić information content (AvgIpc) is 2.78. The molecule has 29 heavy (non-hydrogen) atoms. The summed E-state index contributed by atoms with van der Waals surface area (Å²) in [6.45, 7) is 3.72. The van der Waals surface area contributed by atoms with E-state index in [1.165, 1.54) is 0 Å². The Morgan fingerprint density at radius 3 is 2.48 bits per heavy atom. The van der Waals surface area contributed by atoms with Crippen LogP contribution in [0.4, 0.5) is 0 Å². The Kier molecular flexibility index (Phi) is 5.79. The van der Waals surface area contributed by atoms with Crippen molar-refractivity contribution >= 4 is 19.8 Å². The van der Waals surface area contributed by atoms with E-state index in [0.717, 1.165) is 48.5 Å². The minimum absolute atomic E-state index is 0.0335. The number of fused-ring (bicyclic) bond motifs is 1. The number of rotatable bonds is 5. The van der Waals surface area contributed by atoms with E-state index < -0.39 is 0 Å². The van der Waals surface area contributed by atoms with Crippen molar-refractivity contribution in [2.24, 2.45) is 0 Å². The molecule has 0 aromatic heterocycles. The van der Waals surface area contributed by atoms with Gasteiger partial charge in [0.25, 0.3) is 5.91 Å². The number of amides is 1. The lowest BCUT2D eigenvalue weighted by molar-refractivity contribution is -0.124. The summed E-state index contributed by atoms with van der Waals surface area (Å²) in [5, 5.41) is 4.34. The number of carbonyl (C=O) groups excluding carboxylic acids is 1. The fourth-order valence-corrected chi connectivity index (χ4v) is 5.28. The van der Waals surface area contributed by atoms with E-state index in [9.17, 15) is 4.79 Å². The molecule has 1 N–H and O–H groups in total. The largest absolute Gasteiger partial charge is 0.498 e. The van der Waals surface area contributed by atoms with E-state index in [0.29, 0.717) is 20.1 Å². The summed E-state index contributed by atoms with van der Waals surface area (Å²) in [6, 6.07) is 5.75. The van der Waals surface area contributed by atoms with Gasteiger partial charge in [0.05, 0.1) is 27.0 Å². The summed E-state index contributed by atoms with van der Waals surface area (Å²) in [7, 11) is 5.27. The van der Waals surface area contributed by atoms with Crippen LogP contribution in [0.25, 0.3) is 5.31 Å². The van der Waals surface area contributed by atoms with Crippen LogP contribution in [-0.2, 0) is 9.53 Å². The zero-order valence-electron chi connectivity index (χ0n) is 16.9.